The van der Waals surface area contributed by atoms with Gasteiger partial charge < -0.3 is 9.47 Å². The third kappa shape index (κ3) is 6.70. The van der Waals surface area contributed by atoms with Crippen molar-refractivity contribution < 1.29 is 26.9 Å². The lowest BCUT2D eigenvalue weighted by Crippen LogP contribution is -2.13. The molecule has 1 aromatic rings. The van der Waals surface area contributed by atoms with E-state index in [1.54, 1.807) is 19.1 Å². The van der Waals surface area contributed by atoms with Crippen molar-refractivity contribution in [3.8, 4) is 0 Å². The van der Waals surface area contributed by atoms with Crippen LogP contribution < -0.4 is 0 Å². The number of hydrogen-bond donors (Lipinski definition) is 0. The summed E-state index contributed by atoms with van der Waals surface area (Å²) in [5.41, 5.74) is 0.969. The van der Waals surface area contributed by atoms with Crippen LogP contribution in [-0.2, 0) is 28.6 Å². The zero-order valence-corrected chi connectivity index (χ0v) is 13.0. The molecule has 6 nitrogen and oxygen atoms in total. The van der Waals surface area contributed by atoms with Gasteiger partial charge in [-0.05, 0) is 26.0 Å². The Kier molecular flexibility index (Phi) is 7.35. The molecule has 0 aliphatic heterocycles. The summed E-state index contributed by atoms with van der Waals surface area (Å²) in [6, 6.07) is 6.39. The summed E-state index contributed by atoms with van der Waals surface area (Å²) in [6.45, 7) is 4.09. The molecule has 0 atom stereocenters. The molecule has 21 heavy (non-hydrogen) atoms. The van der Waals surface area contributed by atoms with Crippen molar-refractivity contribution in [1.29, 1.82) is 0 Å². The van der Waals surface area contributed by atoms with E-state index >= 15 is 0 Å². The molecule has 7 heteroatoms. The lowest BCUT2D eigenvalue weighted by Gasteiger charge is -2.07. The summed E-state index contributed by atoms with van der Waals surface area (Å²) >= 11 is 0. The molecule has 0 saturated carbocycles. The fourth-order valence-electron chi connectivity index (χ4n) is 1.47. The average Bonchev–Trinajstić information content (AvgIpc) is 2.43. The van der Waals surface area contributed by atoms with Crippen molar-refractivity contribution in [1.82, 2.24) is 0 Å². The van der Waals surface area contributed by atoms with Gasteiger partial charge in [-0.15, -0.1) is 0 Å². The van der Waals surface area contributed by atoms with Gasteiger partial charge in [0.25, 0.3) is 10.1 Å². The topological polar surface area (TPSA) is 78.9 Å². The first-order valence-corrected chi connectivity index (χ1v) is 8.06. The highest BCUT2D eigenvalue weighted by Gasteiger charge is 2.14. The lowest BCUT2D eigenvalue weighted by molar-refractivity contribution is -0.144. The maximum Gasteiger partial charge on any atom is 0.308 e. The van der Waals surface area contributed by atoms with Gasteiger partial charge in [0.15, 0.2) is 0 Å². The van der Waals surface area contributed by atoms with Crippen molar-refractivity contribution in [2.75, 3.05) is 26.4 Å². The van der Waals surface area contributed by atoms with E-state index in [1.807, 2.05) is 6.92 Å². The number of benzene rings is 1. The number of ether oxygens (including phenoxy) is 2. The quantitative estimate of drug-likeness (QED) is 0.392. The first-order valence-electron chi connectivity index (χ1n) is 6.65. The van der Waals surface area contributed by atoms with Crippen LogP contribution in [0.15, 0.2) is 29.2 Å². The number of carbonyl (C=O) groups is 1. The predicted octanol–water partition coefficient (Wildman–Crippen LogP) is 1.67. The van der Waals surface area contributed by atoms with Crippen molar-refractivity contribution in [2.24, 2.45) is 0 Å². The Morgan fingerprint density at radius 3 is 2.38 bits per heavy atom. The highest BCUT2D eigenvalue weighted by Crippen LogP contribution is 2.12. The van der Waals surface area contributed by atoms with E-state index in [1.165, 1.54) is 12.1 Å². The average molecular weight is 316 g/mol. The summed E-state index contributed by atoms with van der Waals surface area (Å²) in [5.74, 6) is -0.342. The van der Waals surface area contributed by atoms with Gasteiger partial charge in [-0.3, -0.25) is 8.98 Å². The predicted molar refractivity (Wildman–Crippen MR) is 76.4 cm³/mol. The second kappa shape index (κ2) is 8.76. The zero-order valence-electron chi connectivity index (χ0n) is 12.2. The molecule has 0 aliphatic carbocycles. The SMILES string of the molecule is CCOC(=O)CCOCCOS(=O)(=O)c1ccc(C)cc1. The Morgan fingerprint density at radius 1 is 1.10 bits per heavy atom. The highest BCUT2D eigenvalue weighted by molar-refractivity contribution is 7.86. The lowest BCUT2D eigenvalue weighted by atomic mass is 10.2. The van der Waals surface area contributed by atoms with Crippen molar-refractivity contribution >= 4 is 16.1 Å². The third-order valence-electron chi connectivity index (χ3n) is 2.53. The minimum Gasteiger partial charge on any atom is -0.466 e. The van der Waals surface area contributed by atoms with Crippen LogP contribution in [0.4, 0.5) is 0 Å². The molecule has 1 aromatic carbocycles. The third-order valence-corrected chi connectivity index (χ3v) is 3.86. The standard InChI is InChI=1S/C14H20O6S/c1-3-19-14(15)8-9-18-10-11-20-21(16,17)13-6-4-12(2)5-7-13/h4-7H,3,8-11H2,1-2H3. The summed E-state index contributed by atoms with van der Waals surface area (Å²) in [4.78, 5) is 11.1. The van der Waals surface area contributed by atoms with Gasteiger partial charge in [-0.2, -0.15) is 8.42 Å². The molecular formula is C14H20O6S. The smallest absolute Gasteiger partial charge is 0.308 e. The molecule has 0 fully saturated rings. The normalized spacial score (nSPS) is 11.3. The van der Waals surface area contributed by atoms with E-state index in [-0.39, 0.29) is 37.1 Å². The zero-order chi connectivity index (χ0) is 15.7. The Balaban J connectivity index is 2.25. The molecule has 0 aromatic heterocycles. The van der Waals surface area contributed by atoms with E-state index < -0.39 is 10.1 Å². The van der Waals surface area contributed by atoms with Crippen molar-refractivity contribution in [3.63, 3.8) is 0 Å². The van der Waals surface area contributed by atoms with Crippen LogP contribution in [0.25, 0.3) is 0 Å². The Morgan fingerprint density at radius 2 is 1.76 bits per heavy atom. The van der Waals surface area contributed by atoms with Crippen LogP contribution in [0.3, 0.4) is 0 Å². The molecule has 0 heterocycles. The molecular weight excluding hydrogens is 296 g/mol. The first-order chi connectivity index (χ1) is 9.95. The maximum absolute atomic E-state index is 11.8. The molecule has 0 bridgehead atoms. The second-order valence-electron chi connectivity index (χ2n) is 4.26. The monoisotopic (exact) mass is 316 g/mol. The molecule has 0 amide bonds. The minimum absolute atomic E-state index is 0.0878. The van der Waals surface area contributed by atoms with Crippen LogP contribution in [0, 0.1) is 6.92 Å². The minimum atomic E-state index is -3.76. The largest absolute Gasteiger partial charge is 0.466 e. The number of rotatable bonds is 9. The number of hydrogen-bond acceptors (Lipinski definition) is 6. The molecule has 0 radical (unpaired) electrons. The molecule has 0 saturated heterocycles. The highest BCUT2D eigenvalue weighted by atomic mass is 32.2. The van der Waals surface area contributed by atoms with E-state index in [0.717, 1.165) is 5.56 Å². The Bertz CT molecular complexity index is 535. The van der Waals surface area contributed by atoms with E-state index in [9.17, 15) is 13.2 Å². The molecule has 0 N–H and O–H groups in total. The van der Waals surface area contributed by atoms with Gasteiger partial charge in [0.2, 0.25) is 0 Å². The number of carbonyl (C=O) groups excluding carboxylic acids is 1. The van der Waals surface area contributed by atoms with Crippen LogP contribution in [0.2, 0.25) is 0 Å². The number of esters is 1. The van der Waals surface area contributed by atoms with Gasteiger partial charge >= 0.3 is 5.97 Å². The fraction of sp³-hybridized carbons (Fsp3) is 0.500. The summed E-state index contributed by atoms with van der Waals surface area (Å²) in [5, 5.41) is 0. The summed E-state index contributed by atoms with van der Waals surface area (Å²) in [6.07, 6.45) is 0.137. The van der Waals surface area contributed by atoms with Gasteiger partial charge in [-0.1, -0.05) is 17.7 Å². The van der Waals surface area contributed by atoms with Crippen LogP contribution in [-0.4, -0.2) is 40.8 Å². The first kappa shape index (κ1) is 17.6. The van der Waals surface area contributed by atoms with Crippen LogP contribution in [0.5, 0.6) is 0 Å². The molecule has 0 aliphatic rings. The van der Waals surface area contributed by atoms with Gasteiger partial charge in [0.05, 0.1) is 37.7 Å². The van der Waals surface area contributed by atoms with Crippen molar-refractivity contribution in [3.05, 3.63) is 29.8 Å². The number of aryl methyl sites for hydroxylation is 1. The Labute approximate surface area is 125 Å². The van der Waals surface area contributed by atoms with Gasteiger partial charge in [-0.25, -0.2) is 0 Å². The summed E-state index contributed by atoms with van der Waals surface area (Å²) < 4.78 is 38.3. The second-order valence-corrected chi connectivity index (χ2v) is 5.87. The van der Waals surface area contributed by atoms with E-state index in [0.29, 0.717) is 6.61 Å². The molecule has 118 valence electrons. The molecule has 1 rings (SSSR count). The Hall–Kier alpha value is -1.44. The molecule has 0 unspecified atom stereocenters. The summed E-state index contributed by atoms with van der Waals surface area (Å²) in [7, 11) is -3.76. The van der Waals surface area contributed by atoms with E-state index in [4.69, 9.17) is 13.7 Å². The maximum atomic E-state index is 11.8. The molecule has 0 spiro atoms. The van der Waals surface area contributed by atoms with Crippen molar-refractivity contribution in [2.45, 2.75) is 25.2 Å². The van der Waals surface area contributed by atoms with Crippen LogP contribution in [0.1, 0.15) is 18.9 Å². The van der Waals surface area contributed by atoms with Gasteiger partial charge in [0, 0.05) is 0 Å². The van der Waals surface area contributed by atoms with E-state index in [2.05, 4.69) is 0 Å². The van der Waals surface area contributed by atoms with Crippen LogP contribution >= 0.6 is 0 Å². The fourth-order valence-corrected chi connectivity index (χ4v) is 2.36. The van der Waals surface area contributed by atoms with Gasteiger partial charge in [0.1, 0.15) is 0 Å².